The summed E-state index contributed by atoms with van der Waals surface area (Å²) in [5, 5.41) is 3.91. The van der Waals surface area contributed by atoms with E-state index in [-0.39, 0.29) is 11.8 Å². The Hall–Kier alpha value is -0.638. The van der Waals surface area contributed by atoms with Gasteiger partial charge in [-0.05, 0) is 18.2 Å². The van der Waals surface area contributed by atoms with Gasteiger partial charge in [0.15, 0.2) is 0 Å². The van der Waals surface area contributed by atoms with E-state index in [1.165, 1.54) is 18.5 Å². The number of likely N-dealkylation sites (tertiary alicyclic amines) is 1. The fourth-order valence-electron chi connectivity index (χ4n) is 3.39. The Kier molecular flexibility index (Phi) is 7.99. The summed E-state index contributed by atoms with van der Waals surface area (Å²) in [4.78, 5) is 19.4. The average Bonchev–Trinajstić information content (AvgIpc) is 3.07. The molecule has 1 amide bonds. The van der Waals surface area contributed by atoms with Gasteiger partial charge < -0.3 is 5.32 Å². The predicted molar refractivity (Wildman–Crippen MR) is 111 cm³/mol. The zero-order valence-corrected chi connectivity index (χ0v) is 21.2. The third-order valence-electron chi connectivity index (χ3n) is 4.96. The van der Waals surface area contributed by atoms with Gasteiger partial charge in [-0.2, -0.15) is 0 Å². The van der Waals surface area contributed by atoms with Crippen LogP contribution in [0.3, 0.4) is 0 Å². The number of unbranched alkanes of at least 4 members (excludes halogenated alkanes) is 1. The standard InChI is InChI=1S/C19H24Cl2N4O.Tl/c20-17-5-4-15(11-18(17)21)24-19(26)14-6-9-25(10-7-14)8-2-1-3-16-12-22-13-23-16;/h4-5,11-14H,1-3,6-10H2,(H2,22,23,24,26);/q;+1/p-1. The molecule has 27 heavy (non-hydrogen) atoms. The van der Waals surface area contributed by atoms with Crippen molar-refractivity contribution in [3.05, 3.63) is 46.5 Å². The molecule has 0 saturated carbocycles. The monoisotopic (exact) mass is 598 g/mol. The van der Waals surface area contributed by atoms with Crippen LogP contribution >= 0.6 is 23.2 Å². The maximum absolute atomic E-state index is 12.5. The summed E-state index contributed by atoms with van der Waals surface area (Å²) in [7, 11) is 0. The fraction of sp³-hybridized carbons (Fsp3) is 0.474. The first-order valence-corrected chi connectivity index (χ1v) is 12.0. The second-order valence-corrected chi connectivity index (χ2v) is 10.1. The van der Waals surface area contributed by atoms with Crippen LogP contribution in [0.4, 0.5) is 5.69 Å². The molecule has 1 saturated heterocycles. The van der Waals surface area contributed by atoms with Crippen molar-refractivity contribution < 1.29 is 4.79 Å². The maximum atomic E-state index is 12.5. The Labute approximate surface area is 186 Å². The molecule has 142 valence electrons. The molecule has 1 aliphatic heterocycles. The number of carbonyl (C=O) groups is 1. The summed E-state index contributed by atoms with van der Waals surface area (Å²) in [5.41, 5.74) is 1.91. The number of nitrogens with one attached hydrogen (secondary N) is 1. The van der Waals surface area contributed by atoms with Crippen molar-refractivity contribution in [1.29, 1.82) is 0 Å². The molecule has 1 fully saturated rings. The van der Waals surface area contributed by atoms with Crippen LogP contribution in [-0.2, 0) is 11.2 Å². The van der Waals surface area contributed by atoms with Crippen LogP contribution in [0.2, 0.25) is 10.0 Å². The molecular formula is C19H23Cl2N4OTl. The number of hydrogen-bond acceptors (Lipinski definition) is 3. The predicted octanol–water partition coefficient (Wildman–Crippen LogP) is 3.79. The van der Waals surface area contributed by atoms with Crippen LogP contribution in [0.25, 0.3) is 0 Å². The normalized spacial score (nSPS) is 15.7. The minimum absolute atomic E-state index is 0.0641. The number of nitrogens with zero attached hydrogens (tertiary/aromatic N) is 3. The quantitative estimate of drug-likeness (QED) is 0.390. The first-order valence-electron chi connectivity index (χ1n) is 9.27. The van der Waals surface area contributed by atoms with Crippen LogP contribution in [0.5, 0.6) is 0 Å². The summed E-state index contributed by atoms with van der Waals surface area (Å²) in [6.07, 6.45) is 9.28. The zero-order valence-electron chi connectivity index (χ0n) is 15.2. The van der Waals surface area contributed by atoms with Gasteiger partial charge in [-0.25, -0.2) is 0 Å². The van der Waals surface area contributed by atoms with E-state index >= 15 is 0 Å². The summed E-state index contributed by atoms with van der Waals surface area (Å²) in [6.45, 7) is 3.07. The second-order valence-electron chi connectivity index (χ2n) is 7.00. The summed E-state index contributed by atoms with van der Waals surface area (Å²) in [5.74, 6) is 0.140. The van der Waals surface area contributed by atoms with E-state index in [4.69, 9.17) is 23.2 Å². The number of amides is 1. The van der Waals surface area contributed by atoms with Gasteiger partial charge in [0.25, 0.3) is 0 Å². The van der Waals surface area contributed by atoms with Crippen LogP contribution in [0, 0.1) is 5.92 Å². The van der Waals surface area contributed by atoms with Crippen LogP contribution in [0.1, 0.15) is 31.4 Å². The molecule has 0 spiro atoms. The number of benzene rings is 1. The third-order valence-corrected chi connectivity index (χ3v) is 6.79. The minimum atomic E-state index is 0.0641. The second kappa shape index (κ2) is 10.2. The van der Waals surface area contributed by atoms with Crippen molar-refractivity contribution in [2.45, 2.75) is 32.1 Å². The number of carbonyl (C=O) groups excluding carboxylic acids is 1. The van der Waals surface area contributed by atoms with Crippen molar-refractivity contribution in [3.8, 4) is 0 Å². The number of imidazole rings is 1. The molecule has 0 radical (unpaired) electrons. The van der Waals surface area contributed by atoms with Crippen LogP contribution in [0.15, 0.2) is 30.7 Å². The van der Waals surface area contributed by atoms with Gasteiger partial charge >= 0.3 is 120 Å². The third kappa shape index (κ3) is 6.44. The summed E-state index contributed by atoms with van der Waals surface area (Å²) < 4.78 is 2.16. The van der Waals surface area contributed by atoms with Crippen molar-refractivity contribution in [2.75, 3.05) is 25.0 Å². The summed E-state index contributed by atoms with van der Waals surface area (Å²) in [6, 6.07) is 5.18. The van der Waals surface area contributed by atoms with Crippen LogP contribution < -0.4 is 5.32 Å². The number of hydrogen-bond donors (Lipinski definition) is 1. The molecular weight excluding hydrogens is 576 g/mol. The first kappa shape index (κ1) is 21.1. The van der Waals surface area contributed by atoms with Gasteiger partial charge in [-0.3, -0.25) is 4.79 Å². The average molecular weight is 599 g/mol. The van der Waals surface area contributed by atoms with Crippen molar-refractivity contribution >= 4 is 60.9 Å². The van der Waals surface area contributed by atoms with Gasteiger partial charge in [-0.15, -0.1) is 0 Å². The molecule has 0 aliphatic carbocycles. The van der Waals surface area contributed by atoms with E-state index in [2.05, 4.69) is 23.8 Å². The molecule has 1 N–H and O–H groups in total. The Morgan fingerprint density at radius 3 is 2.67 bits per heavy atom. The SMILES string of the molecule is O=C(Nc1ccc(Cl)c(Cl)c1)C1CCN(CCCCc2c[n]([Tl])cn2)CC1. The molecule has 5 nitrogen and oxygen atoms in total. The van der Waals surface area contributed by atoms with Crippen LogP contribution in [-0.4, -0.2) is 63.9 Å². The number of halogens is 2. The van der Waals surface area contributed by atoms with Crippen molar-refractivity contribution in [1.82, 2.24) is 12.3 Å². The van der Waals surface area contributed by atoms with E-state index in [0.717, 1.165) is 65.0 Å². The summed E-state index contributed by atoms with van der Waals surface area (Å²) >= 11 is 12.7. The Morgan fingerprint density at radius 2 is 2.00 bits per heavy atom. The molecule has 0 unspecified atom stereocenters. The molecule has 1 aromatic carbocycles. The molecule has 2 aromatic rings. The van der Waals surface area contributed by atoms with Gasteiger partial charge in [0.1, 0.15) is 0 Å². The van der Waals surface area contributed by atoms with Crippen molar-refractivity contribution in [3.63, 3.8) is 0 Å². The first-order chi connectivity index (χ1) is 13.0. The molecule has 1 aromatic heterocycles. The van der Waals surface area contributed by atoms with E-state index < -0.39 is 0 Å². The molecule has 0 atom stereocenters. The molecule has 1 aliphatic rings. The van der Waals surface area contributed by atoms with Gasteiger partial charge in [-0.1, -0.05) is 23.2 Å². The number of anilines is 1. The van der Waals surface area contributed by atoms with Crippen molar-refractivity contribution in [2.24, 2.45) is 5.92 Å². The zero-order chi connectivity index (χ0) is 19.2. The Morgan fingerprint density at radius 1 is 1.22 bits per heavy atom. The van der Waals surface area contributed by atoms with E-state index in [1.54, 1.807) is 18.2 Å². The van der Waals surface area contributed by atoms with Gasteiger partial charge in [0, 0.05) is 5.69 Å². The topological polar surface area (TPSA) is 50.2 Å². The van der Waals surface area contributed by atoms with E-state index in [9.17, 15) is 4.79 Å². The number of piperidine rings is 1. The number of rotatable bonds is 7. The number of aromatic nitrogens is 2. The Bertz CT molecular complexity index is 775. The fourth-order valence-corrected chi connectivity index (χ4v) is 4.61. The number of aryl methyl sites for hydroxylation is 1. The molecule has 2 heterocycles. The Balaban J connectivity index is 1.35. The van der Waals surface area contributed by atoms with Gasteiger partial charge in [0.2, 0.25) is 0 Å². The molecule has 3 rings (SSSR count). The van der Waals surface area contributed by atoms with E-state index in [0.29, 0.717) is 15.7 Å². The molecule has 0 bridgehead atoms. The van der Waals surface area contributed by atoms with E-state index in [1.807, 2.05) is 6.33 Å². The molecule has 8 heteroatoms. The van der Waals surface area contributed by atoms with Gasteiger partial charge in [0.05, 0.1) is 10.0 Å².